The Bertz CT molecular complexity index is 950. The van der Waals surface area contributed by atoms with E-state index in [2.05, 4.69) is 18.1 Å². The summed E-state index contributed by atoms with van der Waals surface area (Å²) < 4.78 is 45.6. The monoisotopic (exact) mass is 514 g/mol. The summed E-state index contributed by atoms with van der Waals surface area (Å²) in [6.45, 7) is -0.571. The third-order valence-corrected chi connectivity index (χ3v) is 6.93. The maximum atomic E-state index is 11.7. The first-order valence-corrected chi connectivity index (χ1v) is 11.4. The first-order chi connectivity index (χ1) is 12.3. The van der Waals surface area contributed by atoms with E-state index in [9.17, 15) is 38.3 Å². The number of hydrogen-bond donors (Lipinski definition) is 2. The average Bonchev–Trinajstić information content (AvgIpc) is 2.90. The summed E-state index contributed by atoms with van der Waals surface area (Å²) in [6, 6.07) is 0.664. The second-order valence-electron chi connectivity index (χ2n) is 5.23. The molecule has 2 N–H and O–H groups in total. The van der Waals surface area contributed by atoms with Gasteiger partial charge in [-0.05, 0) is 30.4 Å². The van der Waals surface area contributed by atoms with E-state index in [-0.39, 0.29) is 95.1 Å². The van der Waals surface area contributed by atoms with Crippen LogP contribution in [0.25, 0.3) is 0 Å². The Hall–Kier alpha value is 1.83. The van der Waals surface area contributed by atoms with Gasteiger partial charge in [0, 0.05) is 12.2 Å². The van der Waals surface area contributed by atoms with Crippen molar-refractivity contribution in [2.24, 2.45) is 0 Å². The maximum Gasteiger partial charge on any atom is 1.00 e. The first kappa shape index (κ1) is 34.0. The van der Waals surface area contributed by atoms with E-state index in [0.717, 1.165) is 6.07 Å². The molecule has 1 heterocycles. The summed E-state index contributed by atoms with van der Waals surface area (Å²) in [5.41, 5.74) is -0.361. The van der Waals surface area contributed by atoms with Crippen molar-refractivity contribution < 1.29 is 140 Å². The second kappa shape index (κ2) is 13.7. The summed E-state index contributed by atoms with van der Waals surface area (Å²) in [5.74, 6) is -0.694. The molecule has 2 rings (SSSR count). The summed E-state index contributed by atoms with van der Waals surface area (Å²) in [4.78, 5) is 53.8. The number of phosphoric acid groups is 3. The van der Waals surface area contributed by atoms with Gasteiger partial charge in [-0.25, -0.2) is 18.9 Å². The minimum atomic E-state index is -5.96. The van der Waals surface area contributed by atoms with Crippen LogP contribution in [0, 0.1) is 0 Å². The van der Waals surface area contributed by atoms with Crippen molar-refractivity contribution in [3.05, 3.63) is 34.4 Å². The predicted octanol–water partition coefficient (Wildman–Crippen LogP) is -10.3. The van der Waals surface area contributed by atoms with Crippen molar-refractivity contribution in [3.63, 3.8) is 0 Å². The molecule has 0 saturated carbocycles. The molecular formula is C10H12N2Na3O12P3. The minimum absolute atomic E-state index is 0. The number of hydrogen-bond acceptors (Lipinski definition) is 11. The van der Waals surface area contributed by atoms with E-state index >= 15 is 0 Å². The van der Waals surface area contributed by atoms with Crippen LogP contribution in [0.1, 0.15) is 18.9 Å². The van der Waals surface area contributed by atoms with Gasteiger partial charge in [-0.3, -0.25) is 13.4 Å². The Kier molecular flexibility index (Phi) is 15.5. The van der Waals surface area contributed by atoms with E-state index in [1.165, 1.54) is 10.8 Å². The van der Waals surface area contributed by atoms with Crippen molar-refractivity contribution in [2.75, 3.05) is 6.61 Å². The molecule has 1 aliphatic rings. The normalized spacial score (nSPS) is 19.9. The second-order valence-corrected chi connectivity index (χ2v) is 9.57. The van der Waals surface area contributed by atoms with Gasteiger partial charge in [-0.1, -0.05) is 6.08 Å². The largest absolute Gasteiger partial charge is 1.00 e. The van der Waals surface area contributed by atoms with Gasteiger partial charge in [0.1, 0.15) is 0 Å². The van der Waals surface area contributed by atoms with Crippen molar-refractivity contribution in [2.45, 2.75) is 18.9 Å². The van der Waals surface area contributed by atoms with Gasteiger partial charge in [-0.15, -0.1) is 0 Å². The van der Waals surface area contributed by atoms with E-state index in [1.807, 2.05) is 0 Å². The molecule has 0 spiro atoms. The molecule has 0 bridgehead atoms. The molecular weight excluding hydrogens is 502 g/mol. The predicted molar refractivity (Wildman–Crippen MR) is 79.7 cm³/mol. The first-order valence-electron chi connectivity index (χ1n) is 6.95. The van der Waals surface area contributed by atoms with Gasteiger partial charge in [0.2, 0.25) is 0 Å². The van der Waals surface area contributed by atoms with Crippen molar-refractivity contribution in [1.82, 2.24) is 9.55 Å². The smallest absolute Gasteiger partial charge is 0.858 e. The minimum Gasteiger partial charge on any atom is -0.858 e. The molecule has 0 fully saturated rings. The van der Waals surface area contributed by atoms with E-state index in [1.54, 1.807) is 6.08 Å². The van der Waals surface area contributed by atoms with Crippen LogP contribution in [-0.4, -0.2) is 25.9 Å². The maximum absolute atomic E-state index is 11.7. The van der Waals surface area contributed by atoms with Gasteiger partial charge in [0.25, 0.3) is 0 Å². The number of rotatable bonds is 8. The zero-order chi connectivity index (χ0) is 20.5. The molecule has 30 heavy (non-hydrogen) atoms. The van der Waals surface area contributed by atoms with Crippen molar-refractivity contribution >= 4 is 23.5 Å². The topological polar surface area (TPSA) is 223 Å². The number of phosphoric ester groups is 1. The quantitative estimate of drug-likeness (QED) is 0.187. The Morgan fingerprint density at radius 1 is 1.13 bits per heavy atom. The Labute approximate surface area is 236 Å². The van der Waals surface area contributed by atoms with E-state index in [0.29, 0.717) is 12.0 Å². The van der Waals surface area contributed by atoms with Crippen molar-refractivity contribution in [3.8, 4) is 5.88 Å². The summed E-state index contributed by atoms with van der Waals surface area (Å²) >= 11 is 0. The Balaban J connectivity index is 0. The van der Waals surface area contributed by atoms with Crippen LogP contribution in [0.15, 0.2) is 28.7 Å². The molecule has 1 aliphatic carbocycles. The van der Waals surface area contributed by atoms with Gasteiger partial charge in [-0.2, -0.15) is 4.31 Å². The van der Waals surface area contributed by atoms with E-state index < -0.39 is 47.7 Å². The molecule has 3 atom stereocenters. The standard InChI is InChI=1S/C10H15N2O12P3.3Na/c13-9-3-4-12(10(14)11-9)8-2-1-7(5-8)6-22-26(18,19)24-27(20,21)23-25(15,16)17;;;/h1,3-4,8H,2,5-6H2,(H,18,19)(H,20,21)(H,11,13,14)(H2,15,16,17);;;/q;3*+1/p-3/t8-;;;/m0.../s1. The number of nitrogens with zero attached hydrogens (tertiary/aromatic N) is 2. The zero-order valence-corrected chi connectivity index (χ0v) is 24.8. The van der Waals surface area contributed by atoms with Crippen LogP contribution >= 0.6 is 23.5 Å². The van der Waals surface area contributed by atoms with Crippen LogP contribution in [0.4, 0.5) is 0 Å². The fraction of sp³-hybridized carbons (Fsp3) is 0.400. The summed E-state index contributed by atoms with van der Waals surface area (Å²) in [5, 5.41) is 11.0. The molecule has 0 radical (unpaired) electrons. The number of allylic oxidation sites excluding steroid dienone is 1. The van der Waals surface area contributed by atoms with Crippen LogP contribution in [0.5, 0.6) is 5.88 Å². The Morgan fingerprint density at radius 2 is 1.73 bits per heavy atom. The third kappa shape index (κ3) is 11.8. The fourth-order valence-electron chi connectivity index (χ4n) is 2.24. The SMILES string of the molecule is O=c1nc([O-])ccn1[C@H]1CC=C(COP(=O)(O)OP(=O)(O)OP(=O)([O-])[O-])C1.[Na+].[Na+].[Na+]. The summed E-state index contributed by atoms with van der Waals surface area (Å²) in [7, 11) is -16.9. The van der Waals surface area contributed by atoms with Gasteiger partial charge in [0.05, 0.1) is 14.4 Å². The average molecular weight is 514 g/mol. The third-order valence-electron chi connectivity index (χ3n) is 3.20. The molecule has 2 unspecified atom stereocenters. The van der Waals surface area contributed by atoms with Gasteiger partial charge in [0.15, 0.2) is 0 Å². The Morgan fingerprint density at radius 3 is 2.27 bits per heavy atom. The van der Waals surface area contributed by atoms with Crippen LogP contribution in [-0.2, 0) is 26.8 Å². The zero-order valence-electron chi connectivity index (χ0n) is 16.1. The molecule has 0 amide bonds. The molecule has 1 aromatic rings. The van der Waals surface area contributed by atoms with Crippen LogP contribution in [0.3, 0.4) is 0 Å². The molecule has 0 aromatic carbocycles. The molecule has 14 nitrogen and oxygen atoms in total. The summed E-state index contributed by atoms with van der Waals surface area (Å²) in [6.07, 6.45) is 3.29. The van der Waals surface area contributed by atoms with Crippen molar-refractivity contribution in [1.29, 1.82) is 0 Å². The van der Waals surface area contributed by atoms with Crippen LogP contribution < -0.4 is 109 Å². The fourth-order valence-corrected chi connectivity index (χ4v) is 5.20. The van der Waals surface area contributed by atoms with Crippen LogP contribution in [0.2, 0.25) is 0 Å². The van der Waals surface area contributed by atoms with Gasteiger partial charge < -0.3 is 29.2 Å². The van der Waals surface area contributed by atoms with E-state index in [4.69, 9.17) is 4.89 Å². The van der Waals surface area contributed by atoms with Gasteiger partial charge >= 0.3 is 110 Å². The molecule has 0 aliphatic heterocycles. The molecule has 1 aromatic heterocycles. The molecule has 0 saturated heterocycles. The molecule has 152 valence electrons. The molecule has 20 heteroatoms. The number of aromatic nitrogens is 2.